The maximum Gasteiger partial charge on any atom is 0.119 e. The third-order valence-electron chi connectivity index (χ3n) is 1.98. The molecule has 0 bridgehead atoms. The second kappa shape index (κ2) is 7.00. The molecule has 0 fully saturated rings. The van der Waals surface area contributed by atoms with Crippen LogP contribution in [-0.2, 0) is 4.74 Å². The summed E-state index contributed by atoms with van der Waals surface area (Å²) in [5.74, 6) is 1.28. The van der Waals surface area contributed by atoms with E-state index in [1.54, 1.807) is 12.1 Å². The Hall–Kier alpha value is -0.440. The van der Waals surface area contributed by atoms with E-state index in [1.165, 1.54) is 0 Å². The smallest absolute Gasteiger partial charge is 0.119 e. The van der Waals surface area contributed by atoms with E-state index in [0.29, 0.717) is 17.5 Å². The van der Waals surface area contributed by atoms with E-state index in [1.807, 2.05) is 26.0 Å². The van der Waals surface area contributed by atoms with Gasteiger partial charge in [-0.3, -0.25) is 0 Å². The van der Waals surface area contributed by atoms with Gasteiger partial charge in [0.05, 0.1) is 12.2 Å². The second-order valence-electron chi connectivity index (χ2n) is 3.68. The molecule has 0 aromatic heterocycles. The van der Waals surface area contributed by atoms with E-state index in [9.17, 15) is 0 Å². The summed E-state index contributed by atoms with van der Waals surface area (Å²) in [4.78, 5) is 0. The van der Waals surface area contributed by atoms with Crippen molar-refractivity contribution in [1.82, 2.24) is 0 Å². The van der Waals surface area contributed by atoms with Gasteiger partial charge in [-0.2, -0.15) is 0 Å². The summed E-state index contributed by atoms with van der Waals surface area (Å²) in [7, 11) is 0. The lowest BCUT2D eigenvalue weighted by atomic mass is 10.3. The second-order valence-corrected chi connectivity index (χ2v) is 4.42. The Kier molecular flexibility index (Phi) is 5.96. The lowest BCUT2D eigenvalue weighted by Crippen LogP contribution is -2.24. The number of benzene rings is 1. The highest BCUT2D eigenvalue weighted by Gasteiger charge is 2.08. The van der Waals surface area contributed by atoms with Gasteiger partial charge in [0.2, 0.25) is 0 Å². The van der Waals surface area contributed by atoms with Crippen LogP contribution < -0.4 is 4.74 Å². The molecule has 2 unspecified atom stereocenters. The predicted octanol–water partition coefficient (Wildman–Crippen LogP) is 3.75. The maximum absolute atomic E-state index is 5.77. The van der Waals surface area contributed by atoms with Gasteiger partial charge in [-0.15, -0.1) is 11.6 Å². The van der Waals surface area contributed by atoms with Crippen LogP contribution in [0.1, 0.15) is 13.8 Å². The van der Waals surface area contributed by atoms with Gasteiger partial charge < -0.3 is 9.47 Å². The van der Waals surface area contributed by atoms with Crippen molar-refractivity contribution < 1.29 is 9.47 Å². The molecule has 0 aliphatic carbocycles. The molecular weight excluding hydrogens is 247 g/mol. The number of alkyl halides is 1. The van der Waals surface area contributed by atoms with Gasteiger partial charge in [-0.1, -0.05) is 11.6 Å². The molecule has 1 rings (SSSR count). The average Bonchev–Trinajstić information content (AvgIpc) is 2.28. The van der Waals surface area contributed by atoms with Crippen LogP contribution in [-0.4, -0.2) is 24.7 Å². The fourth-order valence-corrected chi connectivity index (χ4v) is 1.42. The van der Waals surface area contributed by atoms with Crippen molar-refractivity contribution >= 4 is 23.2 Å². The fourth-order valence-electron chi connectivity index (χ4n) is 1.22. The summed E-state index contributed by atoms with van der Waals surface area (Å²) in [6.07, 6.45) is 0.0647. The third-order valence-corrected chi connectivity index (χ3v) is 2.67. The van der Waals surface area contributed by atoms with E-state index in [0.717, 1.165) is 5.75 Å². The van der Waals surface area contributed by atoms with Crippen LogP contribution >= 0.6 is 23.2 Å². The van der Waals surface area contributed by atoms with Crippen LogP contribution in [0.5, 0.6) is 5.75 Å². The van der Waals surface area contributed by atoms with Crippen LogP contribution in [0.2, 0.25) is 5.02 Å². The molecule has 0 radical (unpaired) electrons. The van der Waals surface area contributed by atoms with Gasteiger partial charge in [0, 0.05) is 10.9 Å². The first kappa shape index (κ1) is 13.6. The van der Waals surface area contributed by atoms with E-state index in [2.05, 4.69) is 0 Å². The van der Waals surface area contributed by atoms with Gasteiger partial charge in [0.15, 0.2) is 0 Å². The normalized spacial score (nSPS) is 14.5. The van der Waals surface area contributed by atoms with Crippen molar-refractivity contribution in [3.63, 3.8) is 0 Å². The SMILES string of the molecule is CC(CCl)OC(C)COc1ccc(Cl)cc1. The van der Waals surface area contributed by atoms with Gasteiger partial charge >= 0.3 is 0 Å². The van der Waals surface area contributed by atoms with E-state index >= 15 is 0 Å². The molecule has 0 aliphatic rings. The Morgan fingerprint density at radius 1 is 1.12 bits per heavy atom. The molecule has 2 atom stereocenters. The Bertz CT molecular complexity index is 300. The minimum Gasteiger partial charge on any atom is -0.491 e. The van der Waals surface area contributed by atoms with Crippen LogP contribution in [0.4, 0.5) is 0 Å². The zero-order valence-corrected chi connectivity index (χ0v) is 11.0. The predicted molar refractivity (Wildman–Crippen MR) is 67.7 cm³/mol. The minimum absolute atomic E-state index is 0.0180. The van der Waals surface area contributed by atoms with Gasteiger partial charge in [-0.05, 0) is 38.1 Å². The molecule has 0 saturated heterocycles. The largest absolute Gasteiger partial charge is 0.491 e. The minimum atomic E-state index is 0.0180. The van der Waals surface area contributed by atoms with Crippen molar-refractivity contribution in [1.29, 1.82) is 0 Å². The highest BCUT2D eigenvalue weighted by atomic mass is 35.5. The monoisotopic (exact) mass is 262 g/mol. The van der Waals surface area contributed by atoms with Crippen LogP contribution in [0.25, 0.3) is 0 Å². The highest BCUT2D eigenvalue weighted by Crippen LogP contribution is 2.16. The molecule has 0 saturated carbocycles. The van der Waals surface area contributed by atoms with Gasteiger partial charge in [-0.25, -0.2) is 0 Å². The van der Waals surface area contributed by atoms with Crippen LogP contribution in [0, 0.1) is 0 Å². The highest BCUT2D eigenvalue weighted by molar-refractivity contribution is 6.30. The maximum atomic E-state index is 5.77. The quantitative estimate of drug-likeness (QED) is 0.728. The first-order valence-corrected chi connectivity index (χ1v) is 6.13. The number of halogens is 2. The molecule has 4 heteroatoms. The molecule has 0 amide bonds. The molecule has 0 N–H and O–H groups in total. The number of hydrogen-bond acceptors (Lipinski definition) is 2. The third kappa shape index (κ3) is 5.06. The van der Waals surface area contributed by atoms with Crippen LogP contribution in [0.3, 0.4) is 0 Å². The topological polar surface area (TPSA) is 18.5 Å². The van der Waals surface area contributed by atoms with E-state index in [-0.39, 0.29) is 12.2 Å². The Morgan fingerprint density at radius 2 is 1.75 bits per heavy atom. The van der Waals surface area contributed by atoms with E-state index < -0.39 is 0 Å². The Labute approximate surface area is 106 Å². The summed E-state index contributed by atoms with van der Waals surface area (Å²) in [5.41, 5.74) is 0. The molecule has 16 heavy (non-hydrogen) atoms. The zero-order chi connectivity index (χ0) is 12.0. The van der Waals surface area contributed by atoms with E-state index in [4.69, 9.17) is 32.7 Å². The summed E-state index contributed by atoms with van der Waals surface area (Å²) in [6.45, 7) is 4.40. The fraction of sp³-hybridized carbons (Fsp3) is 0.500. The van der Waals surface area contributed by atoms with Crippen molar-refractivity contribution in [2.24, 2.45) is 0 Å². The molecule has 2 nitrogen and oxygen atoms in total. The van der Waals surface area contributed by atoms with Crippen molar-refractivity contribution in [2.45, 2.75) is 26.1 Å². The van der Waals surface area contributed by atoms with Crippen molar-refractivity contribution in [3.8, 4) is 5.75 Å². The summed E-state index contributed by atoms with van der Waals surface area (Å²) >= 11 is 11.4. The Morgan fingerprint density at radius 3 is 2.31 bits per heavy atom. The molecule has 0 heterocycles. The molecule has 0 spiro atoms. The van der Waals surface area contributed by atoms with Gasteiger partial charge in [0.1, 0.15) is 12.4 Å². The average molecular weight is 263 g/mol. The van der Waals surface area contributed by atoms with Gasteiger partial charge in [0.25, 0.3) is 0 Å². The zero-order valence-electron chi connectivity index (χ0n) is 9.45. The summed E-state index contributed by atoms with van der Waals surface area (Å²) in [5, 5.41) is 0.701. The molecule has 1 aromatic rings. The first-order chi connectivity index (χ1) is 7.61. The summed E-state index contributed by atoms with van der Waals surface area (Å²) < 4.78 is 11.1. The molecule has 90 valence electrons. The number of hydrogen-bond donors (Lipinski definition) is 0. The standard InChI is InChI=1S/C12H16Cl2O2/c1-9(7-13)16-10(2)8-15-12-5-3-11(14)4-6-12/h3-6,9-10H,7-8H2,1-2H3. The lowest BCUT2D eigenvalue weighted by Gasteiger charge is -2.17. The lowest BCUT2D eigenvalue weighted by molar-refractivity contribution is -0.00469. The molecule has 1 aromatic carbocycles. The van der Waals surface area contributed by atoms with Crippen molar-refractivity contribution in [2.75, 3.05) is 12.5 Å². The summed E-state index contributed by atoms with van der Waals surface area (Å²) in [6, 6.07) is 7.26. The first-order valence-electron chi connectivity index (χ1n) is 5.21. The molecule has 0 aliphatic heterocycles. The van der Waals surface area contributed by atoms with Crippen LogP contribution in [0.15, 0.2) is 24.3 Å². The number of ether oxygens (including phenoxy) is 2. The Balaban J connectivity index is 2.31. The van der Waals surface area contributed by atoms with Crippen molar-refractivity contribution in [3.05, 3.63) is 29.3 Å². The molecular formula is C12H16Cl2O2. The number of rotatable bonds is 6.